The molecule has 2 aromatic heterocycles. The molecular formula is C27H36N4O2. The van der Waals surface area contributed by atoms with E-state index in [1.165, 1.54) is 5.56 Å². The van der Waals surface area contributed by atoms with Gasteiger partial charge in [0.05, 0.1) is 11.4 Å². The molecule has 4 rings (SSSR count). The average molecular weight is 449 g/mol. The minimum Gasteiger partial charge on any atom is -0.384 e. The van der Waals surface area contributed by atoms with Gasteiger partial charge in [-0.3, -0.25) is 10.1 Å². The fraction of sp³-hybridized carbons (Fsp3) is 0.481. The van der Waals surface area contributed by atoms with Gasteiger partial charge in [0.1, 0.15) is 11.2 Å². The minimum absolute atomic E-state index is 0.356. The van der Waals surface area contributed by atoms with E-state index in [9.17, 15) is 10.2 Å². The highest BCUT2D eigenvalue weighted by molar-refractivity contribution is 5.60. The van der Waals surface area contributed by atoms with E-state index in [1.807, 2.05) is 12.1 Å². The summed E-state index contributed by atoms with van der Waals surface area (Å²) >= 11 is 0. The van der Waals surface area contributed by atoms with Gasteiger partial charge in [-0.15, -0.1) is 0 Å². The van der Waals surface area contributed by atoms with Crippen molar-refractivity contribution in [3.63, 3.8) is 0 Å². The van der Waals surface area contributed by atoms with E-state index in [0.717, 1.165) is 36.2 Å². The lowest BCUT2D eigenvalue weighted by atomic mass is 9.62. The van der Waals surface area contributed by atoms with Crippen LogP contribution in [0.2, 0.25) is 0 Å². The molecule has 1 aliphatic heterocycles. The summed E-state index contributed by atoms with van der Waals surface area (Å²) in [7, 11) is 2.07. The van der Waals surface area contributed by atoms with E-state index < -0.39 is 11.2 Å². The number of aromatic amines is 1. The minimum atomic E-state index is -1.20. The van der Waals surface area contributed by atoms with Crippen molar-refractivity contribution in [2.24, 2.45) is 11.3 Å². The molecule has 3 N–H and O–H groups in total. The van der Waals surface area contributed by atoms with Crippen LogP contribution in [0.1, 0.15) is 57.0 Å². The van der Waals surface area contributed by atoms with E-state index in [1.54, 1.807) is 26.2 Å². The van der Waals surface area contributed by atoms with Gasteiger partial charge in [-0.05, 0) is 56.5 Å². The summed E-state index contributed by atoms with van der Waals surface area (Å²) in [5.74, 6) is 0.580. The SMILES string of the molecule is CC(C)Cc1ccc([C@](O)(c2cncc(-c3cc(C(C)(C)O)[nH]n3)c2)C2(C)CN(C)C2)cc1. The van der Waals surface area contributed by atoms with Crippen molar-refractivity contribution in [3.8, 4) is 11.3 Å². The maximum Gasteiger partial charge on any atom is 0.124 e. The number of nitrogens with zero attached hydrogens (tertiary/aromatic N) is 3. The molecule has 3 aromatic rings. The van der Waals surface area contributed by atoms with Gasteiger partial charge in [0.15, 0.2) is 0 Å². The Kier molecular flexibility index (Phi) is 5.97. The molecular weight excluding hydrogens is 412 g/mol. The molecule has 1 aromatic carbocycles. The lowest BCUT2D eigenvalue weighted by molar-refractivity contribution is -0.127. The molecule has 6 nitrogen and oxygen atoms in total. The molecule has 1 fully saturated rings. The molecule has 1 aliphatic rings. The zero-order valence-corrected chi connectivity index (χ0v) is 20.6. The van der Waals surface area contributed by atoms with Gasteiger partial charge in [0.25, 0.3) is 0 Å². The number of pyridine rings is 1. The highest BCUT2D eigenvalue weighted by atomic mass is 16.3. The first-order valence-electron chi connectivity index (χ1n) is 11.7. The number of aromatic nitrogens is 3. The van der Waals surface area contributed by atoms with Crippen molar-refractivity contribution in [1.29, 1.82) is 0 Å². The van der Waals surface area contributed by atoms with Crippen LogP contribution in [0.15, 0.2) is 48.8 Å². The van der Waals surface area contributed by atoms with Crippen LogP contribution in [-0.2, 0) is 17.6 Å². The van der Waals surface area contributed by atoms with Crippen LogP contribution in [0.5, 0.6) is 0 Å². The van der Waals surface area contributed by atoms with Crippen molar-refractivity contribution >= 4 is 0 Å². The van der Waals surface area contributed by atoms with Gasteiger partial charge in [0, 0.05) is 42.0 Å². The smallest absolute Gasteiger partial charge is 0.124 e. The van der Waals surface area contributed by atoms with Crippen LogP contribution >= 0.6 is 0 Å². The Hall–Kier alpha value is -2.54. The number of H-pyrrole nitrogens is 1. The van der Waals surface area contributed by atoms with Gasteiger partial charge in [-0.1, -0.05) is 45.0 Å². The predicted molar refractivity (Wildman–Crippen MR) is 131 cm³/mol. The Labute approximate surface area is 196 Å². The van der Waals surface area contributed by atoms with Crippen LogP contribution in [0.4, 0.5) is 0 Å². The Morgan fingerprint density at radius 1 is 1.06 bits per heavy atom. The van der Waals surface area contributed by atoms with Crippen molar-refractivity contribution in [2.75, 3.05) is 20.1 Å². The Bertz CT molecular complexity index is 1110. The maximum absolute atomic E-state index is 12.4. The fourth-order valence-electron chi connectivity index (χ4n) is 5.15. The number of aliphatic hydroxyl groups is 2. The Morgan fingerprint density at radius 2 is 1.73 bits per heavy atom. The van der Waals surface area contributed by atoms with Crippen molar-refractivity contribution < 1.29 is 10.2 Å². The number of hydrogen-bond donors (Lipinski definition) is 3. The van der Waals surface area contributed by atoms with Crippen LogP contribution < -0.4 is 0 Å². The first kappa shape index (κ1) is 23.6. The molecule has 0 saturated carbocycles. The summed E-state index contributed by atoms with van der Waals surface area (Å²) in [5, 5.41) is 30.0. The summed E-state index contributed by atoms with van der Waals surface area (Å²) in [4.78, 5) is 6.70. The molecule has 0 spiro atoms. The zero-order chi connectivity index (χ0) is 24.0. The van der Waals surface area contributed by atoms with Crippen molar-refractivity contribution in [1.82, 2.24) is 20.1 Å². The zero-order valence-electron chi connectivity index (χ0n) is 20.6. The Morgan fingerprint density at radius 3 is 2.27 bits per heavy atom. The summed E-state index contributed by atoms with van der Waals surface area (Å²) < 4.78 is 0. The number of likely N-dealkylation sites (tertiary alicyclic amines) is 1. The lowest BCUT2D eigenvalue weighted by Crippen LogP contribution is -2.63. The van der Waals surface area contributed by atoms with Gasteiger partial charge in [-0.2, -0.15) is 5.10 Å². The largest absolute Gasteiger partial charge is 0.384 e. The molecule has 0 bridgehead atoms. The van der Waals surface area contributed by atoms with E-state index in [4.69, 9.17) is 0 Å². The monoisotopic (exact) mass is 448 g/mol. The molecule has 176 valence electrons. The third kappa shape index (κ3) is 4.35. The summed E-state index contributed by atoms with van der Waals surface area (Å²) in [6.45, 7) is 11.6. The van der Waals surface area contributed by atoms with Gasteiger partial charge in [0.2, 0.25) is 0 Å². The average Bonchev–Trinajstić information content (AvgIpc) is 3.23. The third-order valence-electron chi connectivity index (χ3n) is 6.82. The van der Waals surface area contributed by atoms with Crippen molar-refractivity contribution in [3.05, 3.63) is 71.2 Å². The molecule has 1 atom stereocenters. The van der Waals surface area contributed by atoms with Crippen LogP contribution in [0.25, 0.3) is 11.3 Å². The molecule has 1 saturated heterocycles. The maximum atomic E-state index is 12.4. The van der Waals surface area contributed by atoms with Crippen LogP contribution in [0.3, 0.4) is 0 Å². The summed E-state index contributed by atoms with van der Waals surface area (Å²) in [5.41, 5.74) is 2.44. The molecule has 6 heteroatoms. The first-order chi connectivity index (χ1) is 15.4. The first-order valence-corrected chi connectivity index (χ1v) is 11.7. The molecule has 0 amide bonds. The molecule has 0 unspecified atom stereocenters. The molecule has 0 aliphatic carbocycles. The lowest BCUT2D eigenvalue weighted by Gasteiger charge is -2.55. The van der Waals surface area contributed by atoms with E-state index in [-0.39, 0.29) is 5.41 Å². The van der Waals surface area contributed by atoms with E-state index >= 15 is 0 Å². The molecule has 3 heterocycles. The normalized spacial score (nSPS) is 18.2. The standard InChI is InChI=1S/C27H36N4O2/c1-18(2)11-19-7-9-21(10-8-19)27(33,26(5)16-31(6)17-26)22-12-20(14-28-15-22)23-13-24(30-29-23)25(3,4)32/h7-10,12-15,18,32-33H,11,16-17H2,1-6H3,(H,29,30)/t27-/m0/s1. The number of rotatable bonds is 7. The van der Waals surface area contributed by atoms with Gasteiger partial charge < -0.3 is 15.1 Å². The quantitative estimate of drug-likeness (QED) is 0.507. The van der Waals surface area contributed by atoms with Crippen LogP contribution in [-0.4, -0.2) is 50.4 Å². The molecule has 0 radical (unpaired) electrons. The number of hydrogen-bond acceptors (Lipinski definition) is 5. The van der Waals surface area contributed by atoms with Gasteiger partial charge in [-0.25, -0.2) is 0 Å². The summed E-state index contributed by atoms with van der Waals surface area (Å²) in [6, 6.07) is 12.2. The van der Waals surface area contributed by atoms with Gasteiger partial charge >= 0.3 is 0 Å². The number of nitrogens with one attached hydrogen (secondary N) is 1. The highest BCUT2D eigenvalue weighted by Gasteiger charge is 2.55. The molecule has 33 heavy (non-hydrogen) atoms. The summed E-state index contributed by atoms with van der Waals surface area (Å²) in [6.07, 6.45) is 4.52. The second-order valence-corrected chi connectivity index (χ2v) is 10.9. The third-order valence-corrected chi connectivity index (χ3v) is 6.82. The fourth-order valence-corrected chi connectivity index (χ4v) is 5.15. The second-order valence-electron chi connectivity index (χ2n) is 10.9. The predicted octanol–water partition coefficient (Wildman–Crippen LogP) is 4.09. The Balaban J connectivity index is 1.77. The second kappa shape index (κ2) is 8.35. The van der Waals surface area contributed by atoms with Crippen LogP contribution in [0, 0.1) is 11.3 Å². The highest BCUT2D eigenvalue weighted by Crippen LogP contribution is 2.50. The van der Waals surface area contributed by atoms with E-state index in [0.29, 0.717) is 17.3 Å². The van der Waals surface area contributed by atoms with Crippen molar-refractivity contribution in [2.45, 2.75) is 52.2 Å². The number of benzene rings is 1. The topological polar surface area (TPSA) is 85.3 Å². The van der Waals surface area contributed by atoms with E-state index in [2.05, 4.69) is 72.2 Å².